The van der Waals surface area contributed by atoms with Crippen molar-refractivity contribution in [3.05, 3.63) is 104 Å². The Morgan fingerprint density at radius 1 is 1.22 bits per heavy atom. The number of nitrogens with zero attached hydrogens (tertiary/aromatic N) is 3. The van der Waals surface area contributed by atoms with Gasteiger partial charge in [0.2, 0.25) is 0 Å². The summed E-state index contributed by atoms with van der Waals surface area (Å²) in [6.07, 6.45) is 2.64. The van der Waals surface area contributed by atoms with Crippen LogP contribution in [0.4, 0.5) is 0 Å². The van der Waals surface area contributed by atoms with E-state index < -0.39 is 12.0 Å². The number of aromatic amines is 1. The third-order valence-corrected chi connectivity index (χ3v) is 7.34. The molecule has 1 saturated carbocycles. The summed E-state index contributed by atoms with van der Waals surface area (Å²) in [6.45, 7) is 2.27. The van der Waals surface area contributed by atoms with Crippen LogP contribution in [0.5, 0.6) is 0 Å². The van der Waals surface area contributed by atoms with Gasteiger partial charge in [0.25, 0.3) is 11.5 Å². The van der Waals surface area contributed by atoms with Gasteiger partial charge in [-0.05, 0) is 42.5 Å². The number of amides is 1. The largest absolute Gasteiger partial charge is 0.402 e. The minimum Gasteiger partial charge on any atom is -0.402 e. The van der Waals surface area contributed by atoms with E-state index in [0.717, 1.165) is 35.2 Å². The van der Waals surface area contributed by atoms with Crippen molar-refractivity contribution < 1.29 is 9.90 Å². The molecule has 2 heterocycles. The standard InChI is InChI=1S/C29H31N5O3/c1-18(30)22(16-31-2)19-7-6-8-20(15-19)25(35)27(37)34-14-11-24-23(17-34)26(36)33-28(32-24)29(12-13-29)21-9-4-3-5-10-21/h3-10,15-16,25,35H,11-14,17,30H2,1-2H3,(H,32,33,36). The van der Waals surface area contributed by atoms with E-state index in [0.29, 0.717) is 35.6 Å². The third-order valence-electron chi connectivity index (χ3n) is 7.34. The van der Waals surface area contributed by atoms with E-state index in [4.69, 9.17) is 10.7 Å². The van der Waals surface area contributed by atoms with Crippen LogP contribution in [0, 0.1) is 0 Å². The Kier molecular flexibility index (Phi) is 6.52. The molecule has 2 aliphatic rings. The summed E-state index contributed by atoms with van der Waals surface area (Å²) in [5, 5.41) is 10.9. The molecule has 0 radical (unpaired) electrons. The van der Waals surface area contributed by atoms with Crippen LogP contribution in [0.15, 0.2) is 70.1 Å². The van der Waals surface area contributed by atoms with Crippen LogP contribution < -0.4 is 11.3 Å². The molecule has 1 fully saturated rings. The minimum atomic E-state index is -1.36. The number of nitrogens with two attached hydrogens (primary N) is 1. The molecule has 0 saturated heterocycles. The maximum Gasteiger partial charge on any atom is 0.256 e. The predicted octanol–water partition coefficient (Wildman–Crippen LogP) is 2.86. The number of aromatic nitrogens is 2. The molecule has 4 N–H and O–H groups in total. The van der Waals surface area contributed by atoms with Crippen LogP contribution in [0.2, 0.25) is 0 Å². The Balaban J connectivity index is 1.37. The highest BCUT2D eigenvalue weighted by Crippen LogP contribution is 2.51. The van der Waals surface area contributed by atoms with Gasteiger partial charge >= 0.3 is 0 Å². The quantitative estimate of drug-likeness (QED) is 0.452. The number of allylic oxidation sites excluding steroid dienone is 2. The molecule has 1 unspecified atom stereocenters. The fraction of sp³-hybridized carbons (Fsp3) is 0.310. The molecule has 0 spiro atoms. The molecule has 3 aromatic rings. The van der Waals surface area contributed by atoms with Crippen LogP contribution in [-0.4, -0.2) is 45.7 Å². The number of aliphatic imine (C=N–C) groups is 1. The first-order chi connectivity index (χ1) is 17.8. The zero-order valence-corrected chi connectivity index (χ0v) is 21.1. The van der Waals surface area contributed by atoms with Crippen LogP contribution >= 0.6 is 0 Å². The number of fused-ring (bicyclic) bond motifs is 1. The molecule has 190 valence electrons. The monoisotopic (exact) mass is 497 g/mol. The maximum atomic E-state index is 13.3. The van der Waals surface area contributed by atoms with Crippen LogP contribution in [0.25, 0.3) is 5.57 Å². The van der Waals surface area contributed by atoms with Crippen LogP contribution in [-0.2, 0) is 23.2 Å². The summed E-state index contributed by atoms with van der Waals surface area (Å²) >= 11 is 0. The predicted molar refractivity (Wildman–Crippen MR) is 143 cm³/mol. The normalized spacial score (nSPS) is 17.8. The number of aliphatic hydroxyl groups excluding tert-OH is 1. The Hall–Kier alpha value is -4.04. The molecule has 8 nitrogen and oxygen atoms in total. The first-order valence-electron chi connectivity index (χ1n) is 12.5. The van der Waals surface area contributed by atoms with E-state index in [9.17, 15) is 14.7 Å². The molecule has 1 aliphatic carbocycles. The van der Waals surface area contributed by atoms with Gasteiger partial charge in [0.05, 0.1) is 23.2 Å². The molecular formula is C29H31N5O3. The minimum absolute atomic E-state index is 0.113. The van der Waals surface area contributed by atoms with Gasteiger partial charge in [-0.15, -0.1) is 0 Å². The summed E-state index contributed by atoms with van der Waals surface area (Å²) in [6, 6.07) is 17.2. The van der Waals surface area contributed by atoms with Gasteiger partial charge in [0.1, 0.15) is 5.82 Å². The maximum absolute atomic E-state index is 13.3. The molecular weight excluding hydrogens is 466 g/mol. The number of hydrogen-bond acceptors (Lipinski definition) is 6. The molecule has 2 aromatic carbocycles. The Labute approximate surface area is 215 Å². The Morgan fingerprint density at radius 3 is 2.65 bits per heavy atom. The van der Waals surface area contributed by atoms with Gasteiger partial charge in [-0.1, -0.05) is 48.5 Å². The van der Waals surface area contributed by atoms with E-state index in [2.05, 4.69) is 22.1 Å². The molecule has 1 amide bonds. The molecule has 1 aromatic heterocycles. The van der Waals surface area contributed by atoms with Crippen molar-refractivity contribution in [3.8, 4) is 0 Å². The number of hydrogen-bond donors (Lipinski definition) is 3. The lowest BCUT2D eigenvalue weighted by Gasteiger charge is -2.30. The average Bonchev–Trinajstić information content (AvgIpc) is 3.73. The first-order valence-corrected chi connectivity index (χ1v) is 12.5. The molecule has 1 atom stereocenters. The van der Waals surface area contributed by atoms with Gasteiger partial charge in [-0.3, -0.25) is 14.6 Å². The zero-order chi connectivity index (χ0) is 26.2. The molecule has 37 heavy (non-hydrogen) atoms. The van der Waals surface area contributed by atoms with E-state index in [-0.39, 0.29) is 17.5 Å². The summed E-state index contributed by atoms with van der Waals surface area (Å²) in [4.78, 5) is 39.8. The number of H-pyrrole nitrogens is 1. The number of benzene rings is 2. The van der Waals surface area contributed by atoms with Crippen molar-refractivity contribution in [3.63, 3.8) is 0 Å². The van der Waals surface area contributed by atoms with Crippen molar-refractivity contribution in [1.29, 1.82) is 0 Å². The highest BCUT2D eigenvalue weighted by Gasteiger charge is 2.48. The fourth-order valence-electron chi connectivity index (χ4n) is 5.11. The summed E-state index contributed by atoms with van der Waals surface area (Å²) in [5.41, 5.74) is 10.5. The first kappa shape index (κ1) is 24.6. The Bertz CT molecular complexity index is 1450. The van der Waals surface area contributed by atoms with Crippen molar-refractivity contribution in [1.82, 2.24) is 14.9 Å². The van der Waals surface area contributed by atoms with Gasteiger partial charge in [0, 0.05) is 37.5 Å². The second-order valence-corrected chi connectivity index (χ2v) is 9.81. The lowest BCUT2D eigenvalue weighted by Crippen LogP contribution is -2.42. The summed E-state index contributed by atoms with van der Waals surface area (Å²) in [5.74, 6) is 0.252. The van der Waals surface area contributed by atoms with Crippen LogP contribution in [0.1, 0.15) is 59.6 Å². The molecule has 1 aliphatic heterocycles. The topological polar surface area (TPSA) is 125 Å². The number of rotatable bonds is 6. The van der Waals surface area contributed by atoms with Crippen molar-refractivity contribution in [2.75, 3.05) is 13.6 Å². The highest BCUT2D eigenvalue weighted by molar-refractivity contribution is 6.10. The number of nitrogens with one attached hydrogen (secondary N) is 1. The lowest BCUT2D eigenvalue weighted by molar-refractivity contribution is -0.141. The van der Waals surface area contributed by atoms with E-state index in [1.807, 2.05) is 24.3 Å². The lowest BCUT2D eigenvalue weighted by atomic mass is 9.94. The van der Waals surface area contributed by atoms with Crippen LogP contribution in [0.3, 0.4) is 0 Å². The highest BCUT2D eigenvalue weighted by atomic mass is 16.3. The van der Waals surface area contributed by atoms with E-state index in [1.54, 1.807) is 38.4 Å². The second-order valence-electron chi connectivity index (χ2n) is 9.81. The smallest absolute Gasteiger partial charge is 0.256 e. The van der Waals surface area contributed by atoms with Crippen molar-refractivity contribution in [2.45, 2.75) is 44.2 Å². The van der Waals surface area contributed by atoms with Crippen molar-refractivity contribution >= 4 is 17.7 Å². The zero-order valence-electron chi connectivity index (χ0n) is 21.1. The number of aliphatic hydroxyl groups is 1. The van der Waals surface area contributed by atoms with Gasteiger partial charge in [-0.25, -0.2) is 4.98 Å². The summed E-state index contributed by atoms with van der Waals surface area (Å²) in [7, 11) is 1.66. The third kappa shape index (κ3) is 4.60. The van der Waals surface area contributed by atoms with Crippen molar-refractivity contribution in [2.24, 2.45) is 10.7 Å². The van der Waals surface area contributed by atoms with Gasteiger partial charge in [-0.2, -0.15) is 0 Å². The van der Waals surface area contributed by atoms with Gasteiger partial charge < -0.3 is 20.7 Å². The molecule has 0 bridgehead atoms. The van der Waals surface area contributed by atoms with Gasteiger partial charge in [0.15, 0.2) is 6.10 Å². The van der Waals surface area contributed by atoms with E-state index >= 15 is 0 Å². The SMILES string of the molecule is CN=CC(=C(C)N)c1cccc(C(O)C(=O)N2CCc3nc(C4(c5ccccc5)CC4)[nH]c(=O)c3C2)c1. The Morgan fingerprint density at radius 2 is 1.97 bits per heavy atom. The fourth-order valence-corrected chi connectivity index (χ4v) is 5.11. The second kappa shape index (κ2) is 9.78. The molecule has 5 rings (SSSR count). The number of carbonyl (C=O) groups is 1. The number of carbonyl (C=O) groups excluding carboxylic acids is 1. The van der Waals surface area contributed by atoms with E-state index in [1.165, 1.54) is 4.90 Å². The average molecular weight is 498 g/mol. The molecule has 8 heteroatoms. The summed E-state index contributed by atoms with van der Waals surface area (Å²) < 4.78 is 0.